The molecule has 0 amide bonds. The Morgan fingerprint density at radius 1 is 1.75 bits per heavy atom. The maximum absolute atomic E-state index is 10.1. The van der Waals surface area contributed by atoms with E-state index in [-0.39, 0.29) is 0 Å². The van der Waals surface area contributed by atoms with Gasteiger partial charge in [-0.1, -0.05) is 0 Å². The van der Waals surface area contributed by atoms with Gasteiger partial charge in [0.05, 0.1) is 5.25 Å². The van der Waals surface area contributed by atoms with Crippen molar-refractivity contribution >= 4 is 34.3 Å². The molecule has 1 saturated carbocycles. The van der Waals surface area contributed by atoms with Gasteiger partial charge in [-0.05, 0) is 0 Å². The Balaban J connectivity index is 2.48. The van der Waals surface area contributed by atoms with E-state index < -0.39 is 20.7 Å². The van der Waals surface area contributed by atoms with Crippen LogP contribution in [0, 0.1) is 0 Å². The summed E-state index contributed by atoms with van der Waals surface area (Å²) in [6, 6.07) is 0. The highest BCUT2D eigenvalue weighted by Gasteiger charge is 2.55. The van der Waals surface area contributed by atoms with Crippen LogP contribution >= 0.6 is 23.2 Å². The third-order valence-corrected chi connectivity index (χ3v) is 3.16. The average molecular weight is 175 g/mol. The highest BCUT2D eigenvalue weighted by molar-refractivity contribution is 7.80. The molecular weight excluding hydrogens is 171 g/mol. The molecule has 1 aliphatic rings. The fourth-order valence-corrected chi connectivity index (χ4v) is 2.06. The highest BCUT2D eigenvalue weighted by atomic mass is 35.5. The fraction of sp³-hybridized carbons (Fsp3) is 1.00. The standard InChI is InChI=1S/C3H4Cl2O2S/c4-3(5)1-2(3)8(6)7/h2H,1H2,(H,6,7). The lowest BCUT2D eigenvalue weighted by molar-refractivity contribution is 0.562. The quantitative estimate of drug-likeness (QED) is 0.479. The topological polar surface area (TPSA) is 37.3 Å². The molecule has 0 aromatic rings. The summed E-state index contributed by atoms with van der Waals surface area (Å²) in [6.45, 7) is 0. The van der Waals surface area contributed by atoms with Crippen molar-refractivity contribution in [2.75, 3.05) is 0 Å². The van der Waals surface area contributed by atoms with Crippen LogP contribution in [0.15, 0.2) is 0 Å². The normalized spacial score (nSPS) is 36.6. The molecule has 5 heteroatoms. The summed E-state index contributed by atoms with van der Waals surface area (Å²) in [4.78, 5) is 0. The summed E-state index contributed by atoms with van der Waals surface area (Å²) in [5, 5.41) is -0.425. The Morgan fingerprint density at radius 3 is 2.12 bits per heavy atom. The first-order valence-corrected chi connectivity index (χ1v) is 3.94. The number of alkyl halides is 2. The molecule has 1 fully saturated rings. The van der Waals surface area contributed by atoms with E-state index in [0.717, 1.165) is 0 Å². The van der Waals surface area contributed by atoms with Gasteiger partial charge in [-0.2, -0.15) is 0 Å². The third-order valence-electron chi connectivity index (χ3n) is 1.01. The molecule has 2 nitrogen and oxygen atoms in total. The third kappa shape index (κ3) is 1.16. The first kappa shape index (κ1) is 6.81. The highest BCUT2D eigenvalue weighted by Crippen LogP contribution is 2.49. The molecule has 0 aromatic heterocycles. The van der Waals surface area contributed by atoms with Crippen molar-refractivity contribution < 1.29 is 8.76 Å². The second-order valence-electron chi connectivity index (χ2n) is 1.73. The van der Waals surface area contributed by atoms with Crippen molar-refractivity contribution in [3.63, 3.8) is 0 Å². The van der Waals surface area contributed by atoms with Gasteiger partial charge in [0.2, 0.25) is 0 Å². The van der Waals surface area contributed by atoms with Crippen LogP contribution in [0.3, 0.4) is 0 Å². The Morgan fingerprint density at radius 2 is 2.12 bits per heavy atom. The molecule has 0 saturated heterocycles. The zero-order chi connectivity index (χ0) is 6.36. The Hall–Kier alpha value is 0.690. The van der Waals surface area contributed by atoms with E-state index in [1.165, 1.54) is 0 Å². The first-order chi connectivity index (χ1) is 3.54. The number of rotatable bonds is 1. The van der Waals surface area contributed by atoms with Gasteiger partial charge in [-0.25, -0.2) is 4.21 Å². The predicted molar refractivity (Wildman–Crippen MR) is 33.6 cm³/mol. The molecule has 2 unspecified atom stereocenters. The van der Waals surface area contributed by atoms with E-state index in [0.29, 0.717) is 6.42 Å². The van der Waals surface area contributed by atoms with Gasteiger partial charge in [0.1, 0.15) is 4.33 Å². The van der Waals surface area contributed by atoms with E-state index in [4.69, 9.17) is 27.8 Å². The average Bonchev–Trinajstić information content (AvgIpc) is 2.13. The molecule has 0 radical (unpaired) electrons. The predicted octanol–water partition coefficient (Wildman–Crippen LogP) is 1.15. The van der Waals surface area contributed by atoms with Crippen molar-refractivity contribution in [1.82, 2.24) is 0 Å². The van der Waals surface area contributed by atoms with Gasteiger partial charge in [0.25, 0.3) is 0 Å². The minimum Gasteiger partial charge on any atom is -0.306 e. The van der Waals surface area contributed by atoms with Crippen molar-refractivity contribution in [2.24, 2.45) is 0 Å². The molecule has 1 aliphatic carbocycles. The van der Waals surface area contributed by atoms with Crippen LogP contribution in [0.5, 0.6) is 0 Å². The summed E-state index contributed by atoms with van der Waals surface area (Å²) < 4.78 is 17.5. The summed E-state index contributed by atoms with van der Waals surface area (Å²) >= 11 is 8.99. The minimum atomic E-state index is -1.84. The number of hydrogen-bond donors (Lipinski definition) is 1. The SMILES string of the molecule is O=S(O)C1CC1(Cl)Cl. The lowest BCUT2D eigenvalue weighted by Crippen LogP contribution is -2.02. The van der Waals surface area contributed by atoms with E-state index in [1.807, 2.05) is 0 Å². The second kappa shape index (κ2) is 1.84. The van der Waals surface area contributed by atoms with Crippen LogP contribution < -0.4 is 0 Å². The summed E-state index contributed by atoms with van der Waals surface area (Å²) in [5.41, 5.74) is 0. The lowest BCUT2D eigenvalue weighted by Gasteiger charge is -1.89. The molecule has 8 heavy (non-hydrogen) atoms. The molecule has 0 spiro atoms. The van der Waals surface area contributed by atoms with Crippen molar-refractivity contribution in [2.45, 2.75) is 16.0 Å². The smallest absolute Gasteiger partial charge is 0.159 e. The van der Waals surface area contributed by atoms with Gasteiger partial charge >= 0.3 is 0 Å². The van der Waals surface area contributed by atoms with E-state index >= 15 is 0 Å². The Bertz CT molecular complexity index is 135. The number of halogens is 2. The first-order valence-electron chi connectivity index (χ1n) is 2.01. The Kier molecular flexibility index (Phi) is 1.56. The van der Waals surface area contributed by atoms with E-state index in [1.54, 1.807) is 0 Å². The van der Waals surface area contributed by atoms with Gasteiger partial charge < -0.3 is 4.55 Å². The molecule has 0 aromatic carbocycles. The van der Waals surface area contributed by atoms with Crippen LogP contribution in [0.2, 0.25) is 0 Å². The maximum Gasteiger partial charge on any atom is 0.159 e. The van der Waals surface area contributed by atoms with Crippen molar-refractivity contribution in [3.05, 3.63) is 0 Å². The molecular formula is C3H4Cl2O2S. The molecule has 48 valence electrons. The van der Waals surface area contributed by atoms with Crippen LogP contribution in [0.25, 0.3) is 0 Å². The van der Waals surface area contributed by atoms with Crippen molar-refractivity contribution in [1.29, 1.82) is 0 Å². The van der Waals surface area contributed by atoms with E-state index in [2.05, 4.69) is 0 Å². The molecule has 1 N–H and O–H groups in total. The van der Waals surface area contributed by atoms with Crippen LogP contribution in [0.1, 0.15) is 6.42 Å². The molecule has 0 heterocycles. The zero-order valence-corrected chi connectivity index (χ0v) is 6.13. The lowest BCUT2D eigenvalue weighted by atomic mass is 10.9. The van der Waals surface area contributed by atoms with E-state index in [9.17, 15) is 4.21 Å². The summed E-state index contributed by atoms with van der Waals surface area (Å²) in [6.07, 6.45) is 0.430. The molecule has 0 bridgehead atoms. The number of hydrogen-bond acceptors (Lipinski definition) is 1. The van der Waals surface area contributed by atoms with Gasteiger partial charge in [0.15, 0.2) is 11.1 Å². The van der Waals surface area contributed by atoms with Gasteiger partial charge in [-0.3, -0.25) is 0 Å². The van der Waals surface area contributed by atoms with Crippen LogP contribution in [0.4, 0.5) is 0 Å². The monoisotopic (exact) mass is 174 g/mol. The zero-order valence-electron chi connectivity index (χ0n) is 3.80. The molecule has 0 aliphatic heterocycles. The Labute approximate surface area is 59.4 Å². The molecule has 1 rings (SSSR count). The van der Waals surface area contributed by atoms with Crippen molar-refractivity contribution in [3.8, 4) is 0 Å². The van der Waals surface area contributed by atoms with Crippen LogP contribution in [-0.2, 0) is 11.1 Å². The van der Waals surface area contributed by atoms with Crippen LogP contribution in [-0.4, -0.2) is 18.3 Å². The second-order valence-corrected chi connectivity index (χ2v) is 4.39. The minimum absolute atomic E-state index is 0.425. The summed E-state index contributed by atoms with van der Waals surface area (Å²) in [5.74, 6) is 0. The van der Waals surface area contributed by atoms with Gasteiger partial charge in [-0.15, -0.1) is 23.2 Å². The fourth-order valence-electron chi connectivity index (χ4n) is 0.407. The molecule has 2 atom stereocenters. The largest absolute Gasteiger partial charge is 0.306 e. The van der Waals surface area contributed by atoms with Gasteiger partial charge in [0, 0.05) is 6.42 Å². The maximum atomic E-state index is 10.1. The summed E-state index contributed by atoms with van der Waals surface area (Å²) in [7, 11) is 0.